The number of amides is 5. The van der Waals surface area contributed by atoms with Crippen LogP contribution in [0.3, 0.4) is 0 Å². The molecule has 1 aromatic heterocycles. The minimum Gasteiger partial charge on any atom is -0.353 e. The van der Waals surface area contributed by atoms with Crippen LogP contribution < -0.4 is 21.3 Å². The zero-order chi connectivity index (χ0) is 51.1. The maximum atomic E-state index is 14.8. The van der Waals surface area contributed by atoms with Crippen LogP contribution in [0.1, 0.15) is 71.2 Å². The molecule has 0 aromatic carbocycles. The predicted octanol–water partition coefficient (Wildman–Crippen LogP) is -0.323. The Morgan fingerprint density at radius 2 is 1.42 bits per heavy atom. The molecular formula is C47H74N11O11S2+. The lowest BCUT2D eigenvalue weighted by molar-refractivity contribution is -0.902. The van der Waals surface area contributed by atoms with E-state index >= 15 is 0 Å². The summed E-state index contributed by atoms with van der Waals surface area (Å²) in [6.45, 7) is 11.3. The van der Waals surface area contributed by atoms with Crippen LogP contribution in [0.15, 0.2) is 18.2 Å². The van der Waals surface area contributed by atoms with Gasteiger partial charge in [0.1, 0.15) is 17.6 Å². The van der Waals surface area contributed by atoms with Gasteiger partial charge in [0.25, 0.3) is 0 Å². The van der Waals surface area contributed by atoms with Crippen molar-refractivity contribution in [1.82, 2.24) is 51.2 Å². The van der Waals surface area contributed by atoms with Crippen molar-refractivity contribution in [2.24, 2.45) is 11.8 Å². The summed E-state index contributed by atoms with van der Waals surface area (Å²) < 4.78 is 0.198. The molecule has 394 valence electrons. The summed E-state index contributed by atoms with van der Waals surface area (Å²) in [6, 6.07) is 4.03. The molecule has 6 heterocycles. The normalized spacial score (nSPS) is 29.1. The van der Waals surface area contributed by atoms with Gasteiger partial charge in [-0.25, -0.2) is 14.4 Å². The first-order chi connectivity index (χ1) is 33.9. The van der Waals surface area contributed by atoms with Gasteiger partial charge >= 0.3 is 17.9 Å². The minimum absolute atomic E-state index is 0.00587. The number of nitrogens with zero attached hydrogens (tertiary/aromatic N) is 7. The van der Waals surface area contributed by atoms with E-state index in [0.717, 1.165) is 11.4 Å². The number of pyridine rings is 1. The second kappa shape index (κ2) is 26.4. The predicted molar refractivity (Wildman–Crippen MR) is 264 cm³/mol. The average molecular weight is 1030 g/mol. The number of carbonyl (C=O) groups excluding carboxylic acids is 8. The lowest BCUT2D eigenvalue weighted by atomic mass is 9.85. The molecule has 0 radical (unpaired) electrons. The molecule has 5 unspecified atom stereocenters. The Labute approximate surface area is 425 Å². The lowest BCUT2D eigenvalue weighted by Gasteiger charge is -2.42. The molecule has 71 heavy (non-hydrogen) atoms. The Bertz CT molecular complexity index is 2060. The monoisotopic (exact) mass is 1030 g/mol. The van der Waals surface area contributed by atoms with E-state index in [1.54, 1.807) is 28.4 Å². The van der Waals surface area contributed by atoms with Crippen molar-refractivity contribution < 1.29 is 57.4 Å². The van der Waals surface area contributed by atoms with Crippen molar-refractivity contribution in [1.29, 1.82) is 0 Å². The van der Waals surface area contributed by atoms with Crippen molar-refractivity contribution in [3.05, 3.63) is 29.6 Å². The molecule has 4 fully saturated rings. The largest absolute Gasteiger partial charge is 0.386 e. The van der Waals surface area contributed by atoms with E-state index in [2.05, 4.69) is 21.3 Å². The van der Waals surface area contributed by atoms with Gasteiger partial charge < -0.3 is 30.7 Å². The molecule has 0 saturated carbocycles. The van der Waals surface area contributed by atoms with Gasteiger partial charge in [-0.1, -0.05) is 40.2 Å². The smallest absolute Gasteiger partial charge is 0.353 e. The summed E-state index contributed by atoms with van der Waals surface area (Å²) in [5.41, 5.74) is 0.355. The number of piperidine rings is 1. The zero-order valence-corrected chi connectivity index (χ0v) is 43.6. The average Bonchev–Trinajstić information content (AvgIpc) is 3.35. The second-order valence-electron chi connectivity index (χ2n) is 20.0. The van der Waals surface area contributed by atoms with E-state index in [1.807, 2.05) is 67.6 Å². The third kappa shape index (κ3) is 17.0. The van der Waals surface area contributed by atoms with Gasteiger partial charge in [0.2, 0.25) is 34.9 Å². The number of likely N-dealkylation sites (tertiary alicyclic amines) is 1. The van der Waals surface area contributed by atoms with Crippen molar-refractivity contribution >= 4 is 71.0 Å². The number of quaternary nitrogens is 1. The summed E-state index contributed by atoms with van der Waals surface area (Å²) in [5.74, 6) is -2.02. The van der Waals surface area contributed by atoms with Gasteiger partial charge in [-0.15, -0.1) is 0 Å². The number of fused-ring (bicyclic) bond motifs is 9. The zero-order valence-electron chi connectivity index (χ0n) is 41.9. The Morgan fingerprint density at radius 1 is 0.803 bits per heavy atom. The van der Waals surface area contributed by atoms with Gasteiger partial charge in [0, 0.05) is 88.3 Å². The van der Waals surface area contributed by atoms with Crippen LogP contribution >= 0.6 is 23.5 Å². The molecule has 1 aromatic rings. The van der Waals surface area contributed by atoms with E-state index < -0.39 is 47.3 Å². The number of aromatic nitrogens is 1. The van der Waals surface area contributed by atoms with E-state index in [-0.39, 0.29) is 104 Å². The van der Waals surface area contributed by atoms with E-state index in [9.17, 15) is 38.4 Å². The number of thioether (sulfide) groups is 2. The van der Waals surface area contributed by atoms with E-state index in [0.29, 0.717) is 88.3 Å². The van der Waals surface area contributed by atoms with Crippen LogP contribution in [-0.4, -0.2) is 216 Å². The highest BCUT2D eigenvalue weighted by atomic mass is 32.2. The number of rotatable bonds is 6. The van der Waals surface area contributed by atoms with Crippen molar-refractivity contribution in [3.8, 4) is 0 Å². The summed E-state index contributed by atoms with van der Waals surface area (Å²) >= 11 is 3.21. The molecule has 4 saturated heterocycles. The van der Waals surface area contributed by atoms with Crippen LogP contribution in [0.25, 0.3) is 0 Å². The molecule has 24 heteroatoms. The van der Waals surface area contributed by atoms with Gasteiger partial charge in [-0.3, -0.25) is 58.2 Å². The number of hydrogen-bond acceptors (Lipinski definition) is 18. The van der Waals surface area contributed by atoms with Crippen LogP contribution in [0, 0.1) is 11.8 Å². The Morgan fingerprint density at radius 3 is 2.08 bits per heavy atom. The number of hydrogen-bond donors (Lipinski definition) is 4. The molecular weight excluding hydrogens is 959 g/mol. The lowest BCUT2D eigenvalue weighted by Crippen LogP contribution is -2.66. The van der Waals surface area contributed by atoms with Crippen LogP contribution in [0.4, 0.5) is 0 Å². The van der Waals surface area contributed by atoms with E-state index in [1.165, 1.54) is 0 Å². The molecule has 4 N–H and O–H groups in total. The molecule has 5 aliphatic heterocycles. The molecule has 6 rings (SSSR count). The number of nitrogens with one attached hydrogen (secondary N) is 4. The Kier molecular flexibility index (Phi) is 20.7. The number of carbonyl (C=O) groups is 8. The second-order valence-corrected chi connectivity index (χ2v) is 22.2. The SMILES string of the molecule is CC[C@H](C)[C@@H]1NC(=O)C(CC(C)C)NC(=O)C2(CCN(C(=O)CN3CCN4CCN5CC[N+](C)(CC3)CC(=O)ON(OC(=O)C4)OC(=O)C5)CC2)NC(=O)CCSCc2cccc(n2)CSCCNC1=O. The summed E-state index contributed by atoms with van der Waals surface area (Å²) in [7, 11) is 1.90. The van der Waals surface area contributed by atoms with Crippen molar-refractivity contribution in [3.63, 3.8) is 0 Å². The van der Waals surface area contributed by atoms with Crippen molar-refractivity contribution in [2.45, 2.75) is 88.9 Å². The summed E-state index contributed by atoms with van der Waals surface area (Å²) in [4.78, 5) is 138. The van der Waals surface area contributed by atoms with Gasteiger partial charge in [0.15, 0.2) is 6.54 Å². The number of likely N-dealkylation sites (N-methyl/N-ethyl adjacent to an activating group) is 1. The molecule has 1 spiro atoms. The van der Waals surface area contributed by atoms with E-state index in [4.69, 9.17) is 19.5 Å². The van der Waals surface area contributed by atoms with Gasteiger partial charge in [-0.2, -0.15) is 23.5 Å². The highest BCUT2D eigenvalue weighted by Gasteiger charge is 2.45. The fourth-order valence-corrected chi connectivity index (χ4v) is 10.8. The van der Waals surface area contributed by atoms with Crippen LogP contribution in [0.5, 0.6) is 0 Å². The minimum atomic E-state index is -1.45. The third-order valence-electron chi connectivity index (χ3n) is 13.8. The topological polar surface area (TPSA) is 241 Å². The molecule has 5 amide bonds. The maximum absolute atomic E-state index is 14.8. The van der Waals surface area contributed by atoms with Gasteiger partial charge in [0.05, 0.1) is 51.2 Å². The quantitative estimate of drug-likeness (QED) is 0.267. The third-order valence-corrected chi connectivity index (χ3v) is 15.8. The van der Waals surface area contributed by atoms with Gasteiger partial charge in [-0.05, 0) is 43.2 Å². The summed E-state index contributed by atoms with van der Waals surface area (Å²) in [6.07, 6.45) is 1.19. The van der Waals surface area contributed by atoms with Crippen molar-refractivity contribution in [2.75, 3.05) is 117 Å². The standard InChI is InChI=1S/C47H73N11O11S2/c1-6-34(4)43-45(65)48-13-25-71-32-36-9-7-8-35(49-36)31-70-24-10-38(59)52-47(46(66)50-37(26-33(2)3)44(64)51-43)11-14-56(15-12-47)39(60)27-54-18-16-53-17-19-55-21-23-58(5,22-20-54)30-42(63)69-57(67-40(61)28-53)68-41(62)29-55/h7-9,33-34,37,43H,6,10-32H2,1-5H3,(H3-,48,50,51,52,59,64,65,66)/p+1/t34-,37?,43-,58?/m0/s1. The molecule has 6 bridgehead atoms. The first-order valence-electron chi connectivity index (χ1n) is 24.9. The fraction of sp³-hybridized carbons (Fsp3) is 0.723. The molecule has 22 nitrogen and oxygen atoms in total. The highest BCUT2D eigenvalue weighted by molar-refractivity contribution is 7.98. The fourth-order valence-electron chi connectivity index (χ4n) is 9.17. The Hall–Kier alpha value is -4.59. The molecule has 5 aliphatic rings. The summed E-state index contributed by atoms with van der Waals surface area (Å²) in [5, 5.41) is 12.2. The molecule has 0 aliphatic carbocycles. The first-order valence-corrected chi connectivity index (χ1v) is 27.2. The molecule has 7 atom stereocenters. The highest BCUT2D eigenvalue weighted by Crippen LogP contribution is 2.26. The van der Waals surface area contributed by atoms with Crippen LogP contribution in [-0.2, 0) is 64.4 Å². The van der Waals surface area contributed by atoms with Crippen LogP contribution in [0.2, 0.25) is 0 Å². The first kappa shape index (κ1) is 55.7. The maximum Gasteiger partial charge on any atom is 0.386 e. The Balaban J connectivity index is 1.19.